The first kappa shape index (κ1) is 13.7. The Labute approximate surface area is 114 Å². The monoisotopic (exact) mass is 262 g/mol. The molecular formula is C15H22N2O2. The molecule has 1 aliphatic rings. The standard InChI is InChI=1S/C15H22N2O2/c1-11(2)16-15(18)17-13-9-5-6-10-14(13)19-12-7-3-4-8-12/h5-6,9-12H,3-4,7-8H2,1-2H3,(H2,16,17,18). The summed E-state index contributed by atoms with van der Waals surface area (Å²) in [5, 5.41) is 5.65. The predicted molar refractivity (Wildman–Crippen MR) is 76.6 cm³/mol. The first-order valence-corrected chi connectivity index (χ1v) is 6.98. The lowest BCUT2D eigenvalue weighted by atomic mass is 10.2. The molecule has 2 N–H and O–H groups in total. The lowest BCUT2D eigenvalue weighted by Gasteiger charge is -2.17. The summed E-state index contributed by atoms with van der Waals surface area (Å²) in [6.07, 6.45) is 4.96. The van der Waals surface area contributed by atoms with Crippen molar-refractivity contribution in [2.45, 2.75) is 51.7 Å². The van der Waals surface area contributed by atoms with E-state index in [1.807, 2.05) is 38.1 Å². The van der Waals surface area contributed by atoms with E-state index >= 15 is 0 Å². The van der Waals surface area contributed by atoms with Crippen LogP contribution in [-0.4, -0.2) is 18.2 Å². The second-order valence-corrected chi connectivity index (χ2v) is 5.27. The number of carbonyl (C=O) groups excluding carboxylic acids is 1. The van der Waals surface area contributed by atoms with E-state index in [1.54, 1.807) is 0 Å². The van der Waals surface area contributed by atoms with Crippen LogP contribution in [0.2, 0.25) is 0 Å². The number of benzene rings is 1. The molecule has 0 saturated heterocycles. The molecule has 104 valence electrons. The van der Waals surface area contributed by atoms with Gasteiger partial charge in [0.2, 0.25) is 0 Å². The third-order valence-corrected chi connectivity index (χ3v) is 3.15. The number of para-hydroxylation sites is 2. The molecule has 0 aromatic heterocycles. The summed E-state index contributed by atoms with van der Waals surface area (Å²) in [4.78, 5) is 11.7. The van der Waals surface area contributed by atoms with E-state index < -0.39 is 0 Å². The van der Waals surface area contributed by atoms with Crippen molar-refractivity contribution in [3.05, 3.63) is 24.3 Å². The van der Waals surface area contributed by atoms with Crippen molar-refractivity contribution in [2.75, 3.05) is 5.32 Å². The lowest BCUT2D eigenvalue weighted by Crippen LogP contribution is -2.34. The molecule has 1 fully saturated rings. The van der Waals surface area contributed by atoms with Crippen molar-refractivity contribution in [3.63, 3.8) is 0 Å². The molecule has 4 heteroatoms. The topological polar surface area (TPSA) is 50.4 Å². The number of ether oxygens (including phenoxy) is 1. The molecule has 2 amide bonds. The Kier molecular flexibility index (Phi) is 4.66. The minimum atomic E-state index is -0.197. The van der Waals surface area contributed by atoms with Gasteiger partial charge >= 0.3 is 6.03 Å². The minimum Gasteiger partial charge on any atom is -0.488 e. The van der Waals surface area contributed by atoms with Crippen molar-refractivity contribution in [1.29, 1.82) is 0 Å². The van der Waals surface area contributed by atoms with E-state index in [9.17, 15) is 4.79 Å². The van der Waals surface area contributed by atoms with E-state index in [2.05, 4.69) is 10.6 Å². The zero-order valence-corrected chi connectivity index (χ0v) is 11.6. The molecule has 0 spiro atoms. The van der Waals surface area contributed by atoms with Gasteiger partial charge in [-0.3, -0.25) is 0 Å². The lowest BCUT2D eigenvalue weighted by molar-refractivity contribution is 0.211. The van der Waals surface area contributed by atoms with Crippen molar-refractivity contribution >= 4 is 11.7 Å². The third-order valence-electron chi connectivity index (χ3n) is 3.15. The zero-order chi connectivity index (χ0) is 13.7. The summed E-state index contributed by atoms with van der Waals surface area (Å²) in [6, 6.07) is 7.51. The third kappa shape index (κ3) is 4.16. The highest BCUT2D eigenvalue weighted by atomic mass is 16.5. The van der Waals surface area contributed by atoms with Gasteiger partial charge in [0.05, 0.1) is 11.8 Å². The molecule has 0 bridgehead atoms. The molecule has 0 heterocycles. The highest BCUT2D eigenvalue weighted by Crippen LogP contribution is 2.29. The average Bonchev–Trinajstić information content (AvgIpc) is 2.83. The fourth-order valence-electron chi connectivity index (χ4n) is 2.28. The van der Waals surface area contributed by atoms with E-state index in [0.717, 1.165) is 24.3 Å². The quantitative estimate of drug-likeness (QED) is 0.872. The molecule has 19 heavy (non-hydrogen) atoms. The minimum absolute atomic E-state index is 0.114. The van der Waals surface area contributed by atoms with Crippen LogP contribution in [-0.2, 0) is 0 Å². The predicted octanol–water partition coefficient (Wildman–Crippen LogP) is 3.54. The van der Waals surface area contributed by atoms with Gasteiger partial charge in [-0.05, 0) is 51.7 Å². The van der Waals surface area contributed by atoms with Crippen LogP contribution in [0.5, 0.6) is 5.75 Å². The number of hydrogen-bond donors (Lipinski definition) is 2. The van der Waals surface area contributed by atoms with Crippen molar-refractivity contribution in [3.8, 4) is 5.75 Å². The zero-order valence-electron chi connectivity index (χ0n) is 11.6. The van der Waals surface area contributed by atoms with Crippen LogP contribution >= 0.6 is 0 Å². The maximum atomic E-state index is 11.7. The highest BCUT2D eigenvalue weighted by molar-refractivity contribution is 5.91. The molecular weight excluding hydrogens is 240 g/mol. The SMILES string of the molecule is CC(C)NC(=O)Nc1ccccc1OC1CCCC1. The fourth-order valence-corrected chi connectivity index (χ4v) is 2.28. The highest BCUT2D eigenvalue weighted by Gasteiger charge is 2.18. The molecule has 1 aromatic rings. The Bertz CT molecular complexity index is 426. The van der Waals surface area contributed by atoms with Gasteiger partial charge in [0, 0.05) is 6.04 Å². The van der Waals surface area contributed by atoms with Crippen LogP contribution in [0.25, 0.3) is 0 Å². The van der Waals surface area contributed by atoms with E-state index in [0.29, 0.717) is 0 Å². The van der Waals surface area contributed by atoms with Crippen molar-refractivity contribution in [2.24, 2.45) is 0 Å². The summed E-state index contributed by atoms with van der Waals surface area (Å²) in [6.45, 7) is 3.86. The van der Waals surface area contributed by atoms with E-state index in [-0.39, 0.29) is 18.2 Å². The molecule has 1 saturated carbocycles. The van der Waals surface area contributed by atoms with Crippen LogP contribution in [0.15, 0.2) is 24.3 Å². The largest absolute Gasteiger partial charge is 0.488 e. The molecule has 1 aromatic carbocycles. The summed E-state index contributed by atoms with van der Waals surface area (Å²) < 4.78 is 5.97. The van der Waals surface area contributed by atoms with Gasteiger partial charge in [-0.2, -0.15) is 0 Å². The van der Waals surface area contributed by atoms with Gasteiger partial charge in [-0.1, -0.05) is 12.1 Å². The van der Waals surface area contributed by atoms with Crippen LogP contribution in [0.1, 0.15) is 39.5 Å². The summed E-state index contributed by atoms with van der Waals surface area (Å²) in [5.74, 6) is 0.758. The number of carbonyl (C=O) groups is 1. The number of anilines is 1. The van der Waals surface area contributed by atoms with E-state index in [4.69, 9.17) is 4.74 Å². The van der Waals surface area contributed by atoms with Crippen LogP contribution < -0.4 is 15.4 Å². The number of urea groups is 1. The number of amides is 2. The van der Waals surface area contributed by atoms with Crippen LogP contribution in [0.4, 0.5) is 10.5 Å². The maximum Gasteiger partial charge on any atom is 0.319 e. The van der Waals surface area contributed by atoms with Crippen molar-refractivity contribution in [1.82, 2.24) is 5.32 Å². The normalized spacial score (nSPS) is 15.5. The Hall–Kier alpha value is -1.71. The molecule has 0 radical (unpaired) electrons. The Morgan fingerprint density at radius 3 is 2.63 bits per heavy atom. The van der Waals surface area contributed by atoms with Gasteiger partial charge in [-0.15, -0.1) is 0 Å². The van der Waals surface area contributed by atoms with Gasteiger partial charge < -0.3 is 15.4 Å². The fraction of sp³-hybridized carbons (Fsp3) is 0.533. The molecule has 4 nitrogen and oxygen atoms in total. The smallest absolute Gasteiger partial charge is 0.319 e. The Balaban J connectivity index is 2.00. The molecule has 0 aliphatic heterocycles. The van der Waals surface area contributed by atoms with Crippen molar-refractivity contribution < 1.29 is 9.53 Å². The molecule has 1 aliphatic carbocycles. The Morgan fingerprint density at radius 2 is 1.95 bits per heavy atom. The van der Waals surface area contributed by atoms with Gasteiger partial charge in [0.1, 0.15) is 5.75 Å². The first-order chi connectivity index (χ1) is 9.15. The van der Waals surface area contributed by atoms with Gasteiger partial charge in [0.25, 0.3) is 0 Å². The second-order valence-electron chi connectivity index (χ2n) is 5.27. The summed E-state index contributed by atoms with van der Waals surface area (Å²) in [5.41, 5.74) is 0.729. The number of hydrogen-bond acceptors (Lipinski definition) is 2. The van der Waals surface area contributed by atoms with Crippen LogP contribution in [0.3, 0.4) is 0 Å². The number of nitrogens with one attached hydrogen (secondary N) is 2. The number of rotatable bonds is 4. The summed E-state index contributed by atoms with van der Waals surface area (Å²) in [7, 11) is 0. The molecule has 0 unspecified atom stereocenters. The average molecular weight is 262 g/mol. The molecule has 0 atom stereocenters. The first-order valence-electron chi connectivity index (χ1n) is 6.98. The summed E-state index contributed by atoms with van der Waals surface area (Å²) >= 11 is 0. The molecule has 2 rings (SSSR count). The van der Waals surface area contributed by atoms with Gasteiger partial charge in [-0.25, -0.2) is 4.79 Å². The second kappa shape index (κ2) is 6.45. The van der Waals surface area contributed by atoms with E-state index in [1.165, 1.54) is 12.8 Å². The van der Waals surface area contributed by atoms with Gasteiger partial charge in [0.15, 0.2) is 0 Å². The Morgan fingerprint density at radius 1 is 1.26 bits per heavy atom. The maximum absolute atomic E-state index is 11.7. The van der Waals surface area contributed by atoms with Crippen LogP contribution in [0, 0.1) is 0 Å².